The van der Waals surface area contributed by atoms with E-state index >= 15 is 0 Å². The fourth-order valence-electron chi connectivity index (χ4n) is 4.37. The zero-order valence-corrected chi connectivity index (χ0v) is 18.9. The van der Waals surface area contributed by atoms with Crippen molar-refractivity contribution >= 4 is 28.9 Å². The summed E-state index contributed by atoms with van der Waals surface area (Å²) in [5.41, 5.74) is 2.11. The Kier molecular flexibility index (Phi) is 5.39. The van der Waals surface area contributed by atoms with Gasteiger partial charge in [0.05, 0.1) is 12.7 Å². The Morgan fingerprint density at radius 2 is 1.94 bits per heavy atom. The highest BCUT2D eigenvalue weighted by molar-refractivity contribution is 5.89. The molecule has 0 aromatic carbocycles. The molecule has 1 saturated carbocycles. The average Bonchev–Trinajstić information content (AvgIpc) is 3.48. The second kappa shape index (κ2) is 8.38. The van der Waals surface area contributed by atoms with Crippen molar-refractivity contribution in [1.29, 1.82) is 0 Å². The Labute approximate surface area is 190 Å². The van der Waals surface area contributed by atoms with Crippen LogP contribution in [-0.2, 0) is 20.9 Å². The molecule has 0 spiro atoms. The van der Waals surface area contributed by atoms with Crippen LogP contribution in [0.4, 0.5) is 5.82 Å². The smallest absolute Gasteiger partial charge is 0.328 e. The molecule has 1 saturated heterocycles. The van der Waals surface area contributed by atoms with Crippen LogP contribution in [0.5, 0.6) is 0 Å². The highest BCUT2D eigenvalue weighted by Gasteiger charge is 2.45. The maximum atomic E-state index is 12.8. The minimum atomic E-state index is -0.591. The Hall–Kier alpha value is -3.63. The van der Waals surface area contributed by atoms with Gasteiger partial charge in [0.2, 0.25) is 5.91 Å². The van der Waals surface area contributed by atoms with Crippen molar-refractivity contribution in [3.05, 3.63) is 24.5 Å². The van der Waals surface area contributed by atoms with Crippen molar-refractivity contribution in [2.45, 2.75) is 51.7 Å². The standard InChI is InChI=1S/C22H26N8O3/c1-4-29-19(14-8-23-12(2)24-9-14)28-17-18(25-11-26-20(17)29)27-15-7-16(22(32)33-3)30(10-15)21(31)13-5-6-13/h8-9,11,13,15-16H,4-7,10H2,1-3H3,(H,25,26,27)/t15-,16-/m0/s1. The summed E-state index contributed by atoms with van der Waals surface area (Å²) in [6, 6.07) is -0.751. The topological polar surface area (TPSA) is 128 Å². The predicted molar refractivity (Wildman–Crippen MR) is 119 cm³/mol. The van der Waals surface area contributed by atoms with Crippen molar-refractivity contribution in [3.63, 3.8) is 0 Å². The number of hydrogen-bond acceptors (Lipinski definition) is 9. The van der Waals surface area contributed by atoms with Gasteiger partial charge < -0.3 is 19.5 Å². The lowest BCUT2D eigenvalue weighted by Gasteiger charge is -2.22. The van der Waals surface area contributed by atoms with E-state index in [1.165, 1.54) is 13.4 Å². The summed E-state index contributed by atoms with van der Waals surface area (Å²) in [5, 5.41) is 3.40. The zero-order chi connectivity index (χ0) is 23.1. The molecule has 11 nitrogen and oxygen atoms in total. The number of amides is 1. The molecule has 0 bridgehead atoms. The molecule has 5 rings (SSSR count). The first-order valence-electron chi connectivity index (χ1n) is 11.1. The van der Waals surface area contributed by atoms with Crippen LogP contribution >= 0.6 is 0 Å². The normalized spacial score (nSPS) is 20.3. The maximum absolute atomic E-state index is 12.8. The van der Waals surface area contributed by atoms with Gasteiger partial charge in [0.25, 0.3) is 0 Å². The van der Waals surface area contributed by atoms with Gasteiger partial charge in [-0.25, -0.2) is 29.7 Å². The number of carbonyl (C=O) groups is 2. The van der Waals surface area contributed by atoms with Gasteiger partial charge in [0, 0.05) is 43.9 Å². The molecule has 33 heavy (non-hydrogen) atoms. The molecule has 0 unspecified atom stereocenters. The molecule has 2 atom stereocenters. The van der Waals surface area contributed by atoms with Gasteiger partial charge >= 0.3 is 5.97 Å². The van der Waals surface area contributed by atoms with Crippen LogP contribution in [0.15, 0.2) is 18.7 Å². The number of esters is 1. The number of aryl methyl sites for hydroxylation is 2. The van der Waals surface area contributed by atoms with Crippen LogP contribution < -0.4 is 5.32 Å². The molecule has 1 N–H and O–H groups in total. The van der Waals surface area contributed by atoms with E-state index < -0.39 is 12.0 Å². The van der Waals surface area contributed by atoms with Gasteiger partial charge in [-0.3, -0.25) is 4.79 Å². The van der Waals surface area contributed by atoms with Crippen molar-refractivity contribution < 1.29 is 14.3 Å². The molecule has 11 heteroatoms. The number of nitrogens with one attached hydrogen (secondary N) is 1. The number of imidazole rings is 1. The Morgan fingerprint density at radius 3 is 2.61 bits per heavy atom. The number of aromatic nitrogens is 6. The summed E-state index contributed by atoms with van der Waals surface area (Å²) < 4.78 is 6.95. The largest absolute Gasteiger partial charge is 0.467 e. The van der Waals surface area contributed by atoms with E-state index in [2.05, 4.69) is 25.3 Å². The Bertz CT molecular complexity index is 1200. The lowest BCUT2D eigenvalue weighted by Crippen LogP contribution is -2.42. The summed E-state index contributed by atoms with van der Waals surface area (Å²) in [7, 11) is 1.35. The number of anilines is 1. The number of fused-ring (bicyclic) bond motifs is 1. The monoisotopic (exact) mass is 450 g/mol. The summed E-state index contributed by atoms with van der Waals surface area (Å²) >= 11 is 0. The molecular weight excluding hydrogens is 424 g/mol. The number of nitrogens with zero attached hydrogens (tertiary/aromatic N) is 7. The first kappa shape index (κ1) is 21.2. The maximum Gasteiger partial charge on any atom is 0.328 e. The third-order valence-corrected chi connectivity index (χ3v) is 6.21. The minimum absolute atomic E-state index is 0.0273. The zero-order valence-electron chi connectivity index (χ0n) is 18.9. The van der Waals surface area contributed by atoms with Crippen LogP contribution in [0.3, 0.4) is 0 Å². The van der Waals surface area contributed by atoms with Gasteiger partial charge in [0.1, 0.15) is 24.0 Å². The number of ether oxygens (including phenoxy) is 1. The first-order valence-corrected chi connectivity index (χ1v) is 11.1. The quantitative estimate of drug-likeness (QED) is 0.557. The minimum Gasteiger partial charge on any atom is -0.467 e. The number of methoxy groups -OCH3 is 1. The van der Waals surface area contributed by atoms with Gasteiger partial charge in [-0.1, -0.05) is 0 Å². The van der Waals surface area contributed by atoms with E-state index in [4.69, 9.17) is 9.72 Å². The van der Waals surface area contributed by atoms with Crippen molar-refractivity contribution in [3.8, 4) is 11.4 Å². The molecule has 1 amide bonds. The molecule has 172 valence electrons. The second-order valence-electron chi connectivity index (χ2n) is 8.47. The number of hydrogen-bond donors (Lipinski definition) is 1. The van der Waals surface area contributed by atoms with Crippen molar-refractivity contribution in [1.82, 2.24) is 34.4 Å². The van der Waals surface area contributed by atoms with E-state index in [0.717, 1.165) is 18.4 Å². The van der Waals surface area contributed by atoms with Gasteiger partial charge in [-0.05, 0) is 26.7 Å². The third kappa shape index (κ3) is 3.87. The van der Waals surface area contributed by atoms with E-state index in [1.807, 2.05) is 18.4 Å². The van der Waals surface area contributed by atoms with Gasteiger partial charge in [-0.15, -0.1) is 0 Å². The number of rotatable bonds is 6. The first-order chi connectivity index (χ1) is 16.0. The van der Waals surface area contributed by atoms with Crippen LogP contribution in [0.25, 0.3) is 22.6 Å². The SMILES string of the molecule is CCn1c(-c2cnc(C)nc2)nc2c(N[C@H]3C[C@@H](C(=O)OC)N(C(=O)C4CC4)C3)ncnc21. The van der Waals surface area contributed by atoms with Gasteiger partial charge in [0.15, 0.2) is 17.0 Å². The lowest BCUT2D eigenvalue weighted by atomic mass is 10.1. The summed E-state index contributed by atoms with van der Waals surface area (Å²) in [4.78, 5) is 49.0. The average molecular weight is 451 g/mol. The molecule has 3 aromatic heterocycles. The van der Waals surface area contributed by atoms with E-state index in [1.54, 1.807) is 17.3 Å². The fourth-order valence-corrected chi connectivity index (χ4v) is 4.37. The second-order valence-corrected chi connectivity index (χ2v) is 8.47. The van der Waals surface area contributed by atoms with Crippen LogP contribution in [0.1, 0.15) is 32.0 Å². The Morgan fingerprint density at radius 1 is 1.18 bits per heavy atom. The van der Waals surface area contributed by atoms with E-state index in [-0.39, 0.29) is 17.9 Å². The lowest BCUT2D eigenvalue weighted by molar-refractivity contribution is -0.151. The third-order valence-electron chi connectivity index (χ3n) is 6.21. The molecule has 1 aliphatic carbocycles. The fraction of sp³-hybridized carbons (Fsp3) is 0.500. The number of likely N-dealkylation sites (tertiary alicyclic amines) is 1. The summed E-state index contributed by atoms with van der Waals surface area (Å²) in [6.07, 6.45) is 7.20. The molecule has 3 aromatic rings. The van der Waals surface area contributed by atoms with Crippen molar-refractivity contribution in [2.24, 2.45) is 5.92 Å². The summed E-state index contributed by atoms with van der Waals surface area (Å²) in [5.74, 6) is 1.63. The van der Waals surface area contributed by atoms with Crippen LogP contribution in [0.2, 0.25) is 0 Å². The van der Waals surface area contributed by atoms with Gasteiger partial charge in [-0.2, -0.15) is 0 Å². The van der Waals surface area contributed by atoms with E-state index in [9.17, 15) is 9.59 Å². The highest BCUT2D eigenvalue weighted by Crippen LogP contribution is 2.35. The predicted octanol–water partition coefficient (Wildman–Crippen LogP) is 1.58. The molecule has 2 aliphatic rings. The molecule has 2 fully saturated rings. The molecule has 4 heterocycles. The molecule has 0 radical (unpaired) electrons. The van der Waals surface area contributed by atoms with Crippen LogP contribution in [0, 0.1) is 12.8 Å². The Balaban J connectivity index is 1.46. The van der Waals surface area contributed by atoms with E-state index in [0.29, 0.717) is 48.1 Å². The van der Waals surface area contributed by atoms with Crippen molar-refractivity contribution in [2.75, 3.05) is 19.0 Å². The molecular formula is C22H26N8O3. The molecule has 1 aliphatic heterocycles. The van der Waals surface area contributed by atoms with Crippen LogP contribution in [-0.4, -0.2) is 72.0 Å². The number of carbonyl (C=O) groups excluding carboxylic acids is 2. The highest BCUT2D eigenvalue weighted by atomic mass is 16.5. The summed E-state index contributed by atoms with van der Waals surface area (Å²) in [6.45, 7) is 4.93.